The van der Waals surface area contributed by atoms with Crippen LogP contribution in [-0.4, -0.2) is 41.6 Å². The van der Waals surface area contributed by atoms with Crippen molar-refractivity contribution in [1.82, 2.24) is 4.90 Å². The molecular formula is C14H30N2O2. The minimum atomic E-state index is -0.430. The van der Waals surface area contributed by atoms with Crippen molar-refractivity contribution in [3.8, 4) is 0 Å². The van der Waals surface area contributed by atoms with Crippen molar-refractivity contribution in [3.63, 3.8) is 0 Å². The zero-order chi connectivity index (χ0) is 14.4. The number of hydrogen-bond donors (Lipinski definition) is 1. The zero-order valence-electron chi connectivity index (χ0n) is 12.9. The average molecular weight is 258 g/mol. The second-order valence-electron chi connectivity index (χ2n) is 6.06. The van der Waals surface area contributed by atoms with Crippen LogP contribution < -0.4 is 5.73 Å². The van der Waals surface area contributed by atoms with Crippen LogP contribution in [0, 0.1) is 0 Å². The van der Waals surface area contributed by atoms with E-state index < -0.39 is 5.60 Å². The summed E-state index contributed by atoms with van der Waals surface area (Å²) < 4.78 is 5.38. The van der Waals surface area contributed by atoms with Gasteiger partial charge >= 0.3 is 5.97 Å². The third-order valence-electron chi connectivity index (χ3n) is 3.20. The van der Waals surface area contributed by atoms with E-state index in [-0.39, 0.29) is 11.5 Å². The van der Waals surface area contributed by atoms with E-state index in [2.05, 4.69) is 25.7 Å². The van der Waals surface area contributed by atoms with E-state index in [4.69, 9.17) is 10.5 Å². The summed E-state index contributed by atoms with van der Waals surface area (Å²) in [6.45, 7) is 13.7. The second kappa shape index (κ2) is 7.10. The van der Waals surface area contributed by atoms with E-state index in [0.29, 0.717) is 13.1 Å². The molecule has 0 amide bonds. The normalized spacial score (nSPS) is 15.6. The molecule has 18 heavy (non-hydrogen) atoms. The van der Waals surface area contributed by atoms with Crippen molar-refractivity contribution in [2.24, 2.45) is 5.73 Å². The van der Waals surface area contributed by atoms with Crippen LogP contribution in [0.1, 0.15) is 54.4 Å². The molecule has 0 fully saturated rings. The van der Waals surface area contributed by atoms with Crippen LogP contribution in [0.4, 0.5) is 0 Å². The summed E-state index contributed by atoms with van der Waals surface area (Å²) in [6, 6.07) is 0. The molecule has 0 aliphatic carbocycles. The van der Waals surface area contributed by atoms with E-state index in [0.717, 1.165) is 19.4 Å². The minimum absolute atomic E-state index is 0.132. The van der Waals surface area contributed by atoms with Gasteiger partial charge in [0.15, 0.2) is 0 Å². The number of ether oxygens (including phenoxy) is 1. The Morgan fingerprint density at radius 3 is 2.11 bits per heavy atom. The van der Waals surface area contributed by atoms with Crippen molar-refractivity contribution in [2.45, 2.75) is 65.5 Å². The number of nitrogens with two attached hydrogens (primary N) is 1. The molecule has 0 aliphatic rings. The van der Waals surface area contributed by atoms with Crippen molar-refractivity contribution in [2.75, 3.05) is 19.6 Å². The number of hydrogen-bond acceptors (Lipinski definition) is 4. The Bertz CT molecular complexity index is 255. The lowest BCUT2D eigenvalue weighted by Crippen LogP contribution is -2.53. The van der Waals surface area contributed by atoms with Crippen LogP contribution in [-0.2, 0) is 9.53 Å². The Labute approximate surface area is 112 Å². The first-order valence-electron chi connectivity index (χ1n) is 6.85. The molecule has 0 aliphatic heterocycles. The summed E-state index contributed by atoms with van der Waals surface area (Å²) in [4.78, 5) is 14.1. The SMILES string of the molecule is CCCN(CC(=O)OC(C)(C)C)C(C)(CC)CN. The molecule has 2 N–H and O–H groups in total. The molecule has 0 saturated carbocycles. The Morgan fingerprint density at radius 1 is 1.22 bits per heavy atom. The van der Waals surface area contributed by atoms with Gasteiger partial charge in [-0.1, -0.05) is 13.8 Å². The first-order valence-corrected chi connectivity index (χ1v) is 6.85. The lowest BCUT2D eigenvalue weighted by Gasteiger charge is -2.39. The van der Waals surface area contributed by atoms with Gasteiger partial charge in [0.25, 0.3) is 0 Å². The number of carbonyl (C=O) groups is 1. The molecule has 0 aromatic heterocycles. The van der Waals surface area contributed by atoms with Crippen LogP contribution in [0.3, 0.4) is 0 Å². The van der Waals surface area contributed by atoms with Crippen LogP contribution in [0.2, 0.25) is 0 Å². The van der Waals surface area contributed by atoms with Gasteiger partial charge in [0.05, 0.1) is 6.54 Å². The topological polar surface area (TPSA) is 55.6 Å². The Kier molecular flexibility index (Phi) is 6.86. The van der Waals surface area contributed by atoms with Crippen molar-refractivity contribution >= 4 is 5.97 Å². The number of carbonyl (C=O) groups excluding carboxylic acids is 1. The maximum Gasteiger partial charge on any atom is 0.320 e. The van der Waals surface area contributed by atoms with Gasteiger partial charge < -0.3 is 10.5 Å². The minimum Gasteiger partial charge on any atom is -0.459 e. The average Bonchev–Trinajstić information content (AvgIpc) is 2.25. The van der Waals surface area contributed by atoms with Gasteiger partial charge in [-0.25, -0.2) is 0 Å². The third kappa shape index (κ3) is 5.83. The quantitative estimate of drug-likeness (QED) is 0.711. The van der Waals surface area contributed by atoms with E-state index in [1.165, 1.54) is 0 Å². The largest absolute Gasteiger partial charge is 0.459 e. The standard InChI is InChI=1S/C14H30N2O2/c1-7-9-16(14(6,8-2)11-15)10-12(17)18-13(3,4)5/h7-11,15H2,1-6H3. The van der Waals surface area contributed by atoms with Crippen molar-refractivity contribution in [1.29, 1.82) is 0 Å². The van der Waals surface area contributed by atoms with E-state index in [9.17, 15) is 4.79 Å². The van der Waals surface area contributed by atoms with Crippen LogP contribution in [0.15, 0.2) is 0 Å². The van der Waals surface area contributed by atoms with E-state index in [1.807, 2.05) is 20.8 Å². The van der Waals surface area contributed by atoms with Gasteiger partial charge in [0, 0.05) is 12.1 Å². The first kappa shape index (κ1) is 17.4. The zero-order valence-corrected chi connectivity index (χ0v) is 12.9. The first-order chi connectivity index (χ1) is 8.18. The highest BCUT2D eigenvalue weighted by Gasteiger charge is 2.30. The van der Waals surface area contributed by atoms with Crippen molar-refractivity contribution in [3.05, 3.63) is 0 Å². The lowest BCUT2D eigenvalue weighted by atomic mass is 9.96. The lowest BCUT2D eigenvalue weighted by molar-refractivity contribution is -0.157. The molecule has 0 aromatic carbocycles. The molecule has 4 heteroatoms. The maximum absolute atomic E-state index is 11.9. The molecule has 0 spiro atoms. The third-order valence-corrected chi connectivity index (χ3v) is 3.20. The Balaban J connectivity index is 4.67. The fourth-order valence-corrected chi connectivity index (χ4v) is 1.84. The van der Waals surface area contributed by atoms with Crippen LogP contribution >= 0.6 is 0 Å². The van der Waals surface area contributed by atoms with Gasteiger partial charge in [0.2, 0.25) is 0 Å². The number of nitrogens with zero attached hydrogens (tertiary/aromatic N) is 1. The van der Waals surface area contributed by atoms with Gasteiger partial charge in [-0.15, -0.1) is 0 Å². The van der Waals surface area contributed by atoms with Gasteiger partial charge in [-0.2, -0.15) is 0 Å². The van der Waals surface area contributed by atoms with Crippen molar-refractivity contribution < 1.29 is 9.53 Å². The summed E-state index contributed by atoms with van der Waals surface area (Å²) in [5.74, 6) is -0.177. The monoisotopic (exact) mass is 258 g/mol. The smallest absolute Gasteiger partial charge is 0.320 e. The summed E-state index contributed by atoms with van der Waals surface area (Å²) >= 11 is 0. The van der Waals surface area contributed by atoms with E-state index in [1.54, 1.807) is 0 Å². The molecule has 0 bridgehead atoms. The highest BCUT2D eigenvalue weighted by molar-refractivity contribution is 5.72. The number of rotatable bonds is 7. The molecule has 0 aromatic rings. The summed E-state index contributed by atoms with van der Waals surface area (Å²) in [5, 5.41) is 0. The second-order valence-corrected chi connectivity index (χ2v) is 6.06. The summed E-state index contributed by atoms with van der Waals surface area (Å²) in [7, 11) is 0. The van der Waals surface area contributed by atoms with Gasteiger partial charge in [0.1, 0.15) is 5.60 Å². The molecule has 0 radical (unpaired) electrons. The Hall–Kier alpha value is -0.610. The molecule has 1 unspecified atom stereocenters. The van der Waals surface area contributed by atoms with Crippen LogP contribution in [0.5, 0.6) is 0 Å². The predicted octanol–water partition coefficient (Wildman–Crippen LogP) is 2.17. The highest BCUT2D eigenvalue weighted by Crippen LogP contribution is 2.19. The molecule has 0 heterocycles. The molecule has 1 atom stereocenters. The molecule has 0 saturated heterocycles. The maximum atomic E-state index is 11.9. The molecule has 108 valence electrons. The highest BCUT2D eigenvalue weighted by atomic mass is 16.6. The number of esters is 1. The molecule has 0 rings (SSSR count). The fraction of sp³-hybridized carbons (Fsp3) is 0.929. The Morgan fingerprint density at radius 2 is 1.78 bits per heavy atom. The van der Waals surface area contributed by atoms with Gasteiger partial charge in [-0.3, -0.25) is 9.69 Å². The molecule has 4 nitrogen and oxygen atoms in total. The summed E-state index contributed by atoms with van der Waals surface area (Å²) in [5.41, 5.74) is 5.30. The van der Waals surface area contributed by atoms with Gasteiger partial charge in [-0.05, 0) is 47.1 Å². The summed E-state index contributed by atoms with van der Waals surface area (Å²) in [6.07, 6.45) is 1.92. The fourth-order valence-electron chi connectivity index (χ4n) is 1.84. The predicted molar refractivity (Wildman–Crippen MR) is 75.5 cm³/mol. The van der Waals surface area contributed by atoms with E-state index >= 15 is 0 Å². The van der Waals surface area contributed by atoms with Crippen LogP contribution in [0.25, 0.3) is 0 Å². The molecular weight excluding hydrogens is 228 g/mol.